The number of nitrogens with zero attached hydrogens (tertiary/aromatic N) is 3. The minimum Gasteiger partial charge on any atom is -0.477 e. The monoisotopic (exact) mass is 340 g/mol. The van der Waals surface area contributed by atoms with Gasteiger partial charge in [0.15, 0.2) is 0 Å². The fourth-order valence-corrected chi connectivity index (χ4v) is 3.07. The summed E-state index contributed by atoms with van der Waals surface area (Å²) in [5.74, 6) is -0.0352. The number of pyridine rings is 2. The molecule has 3 rings (SSSR count). The van der Waals surface area contributed by atoms with Crippen molar-refractivity contribution < 1.29 is 14.3 Å². The van der Waals surface area contributed by atoms with Crippen LogP contribution in [0.2, 0.25) is 0 Å². The topological polar surface area (TPSA) is 84.4 Å². The lowest BCUT2D eigenvalue weighted by atomic mass is 10.0. The Balaban J connectivity index is 1.84. The molecule has 0 aliphatic carbocycles. The molecule has 0 spiro atoms. The quantitative estimate of drug-likeness (QED) is 0.893. The summed E-state index contributed by atoms with van der Waals surface area (Å²) in [4.78, 5) is 34.7. The van der Waals surface area contributed by atoms with Crippen LogP contribution in [-0.4, -0.2) is 46.4 Å². The molecule has 3 heterocycles. The second-order valence-electron chi connectivity index (χ2n) is 5.81. The van der Waals surface area contributed by atoms with E-state index in [-0.39, 0.29) is 36.2 Å². The number of ether oxygens (including phenoxy) is 1. The van der Waals surface area contributed by atoms with E-state index in [4.69, 9.17) is 4.74 Å². The fraction of sp³-hybridized carbons (Fsp3) is 0.333. The van der Waals surface area contributed by atoms with Gasteiger partial charge in [-0.3, -0.25) is 14.6 Å². The van der Waals surface area contributed by atoms with E-state index in [1.807, 2.05) is 19.1 Å². The molecule has 25 heavy (non-hydrogen) atoms. The van der Waals surface area contributed by atoms with E-state index in [0.29, 0.717) is 12.2 Å². The largest absolute Gasteiger partial charge is 0.477 e. The van der Waals surface area contributed by atoms with Gasteiger partial charge in [0.1, 0.15) is 5.56 Å². The number of likely N-dealkylation sites (N-methyl/N-ethyl adjacent to an activating group) is 1. The Labute approximate surface area is 146 Å². The van der Waals surface area contributed by atoms with Gasteiger partial charge >= 0.3 is 0 Å². The van der Waals surface area contributed by atoms with Crippen LogP contribution in [0.1, 0.15) is 35.3 Å². The van der Waals surface area contributed by atoms with E-state index in [1.165, 1.54) is 0 Å². The molecular weight excluding hydrogens is 320 g/mol. The molecule has 0 bridgehead atoms. The van der Waals surface area contributed by atoms with E-state index in [0.717, 1.165) is 5.56 Å². The smallest absolute Gasteiger partial charge is 0.257 e. The molecule has 1 aliphatic rings. The average Bonchev–Trinajstić information content (AvgIpc) is 2.90. The minimum absolute atomic E-state index is 0.0182. The van der Waals surface area contributed by atoms with Crippen molar-refractivity contribution in [3.8, 4) is 5.88 Å². The maximum Gasteiger partial charge on any atom is 0.257 e. The van der Waals surface area contributed by atoms with Gasteiger partial charge in [-0.05, 0) is 30.7 Å². The third-order valence-corrected chi connectivity index (χ3v) is 4.23. The van der Waals surface area contributed by atoms with Crippen LogP contribution in [0.25, 0.3) is 0 Å². The molecule has 7 heteroatoms. The summed E-state index contributed by atoms with van der Waals surface area (Å²) in [5.41, 5.74) is 1.24. The van der Waals surface area contributed by atoms with Crippen LogP contribution in [0, 0.1) is 0 Å². The predicted molar refractivity (Wildman–Crippen MR) is 91.0 cm³/mol. The molecule has 0 aromatic carbocycles. The summed E-state index contributed by atoms with van der Waals surface area (Å²) in [5, 5.41) is 2.95. The van der Waals surface area contributed by atoms with Crippen molar-refractivity contribution in [2.45, 2.75) is 25.4 Å². The van der Waals surface area contributed by atoms with E-state index >= 15 is 0 Å². The van der Waals surface area contributed by atoms with Gasteiger partial charge in [-0.25, -0.2) is 4.98 Å². The highest BCUT2D eigenvalue weighted by atomic mass is 16.5. The van der Waals surface area contributed by atoms with Gasteiger partial charge in [0.2, 0.25) is 11.8 Å². The van der Waals surface area contributed by atoms with Gasteiger partial charge in [0.25, 0.3) is 5.91 Å². The highest BCUT2D eigenvalue weighted by Gasteiger charge is 2.39. The molecule has 2 aromatic rings. The first-order chi connectivity index (χ1) is 12.1. The molecular formula is C18H20N4O3. The van der Waals surface area contributed by atoms with Crippen molar-refractivity contribution in [2.75, 3.05) is 13.7 Å². The van der Waals surface area contributed by atoms with Crippen LogP contribution < -0.4 is 10.1 Å². The molecule has 1 N–H and O–H groups in total. The molecule has 0 saturated carbocycles. The van der Waals surface area contributed by atoms with Crippen molar-refractivity contribution in [1.82, 2.24) is 20.2 Å². The number of likely N-dealkylation sites (tertiary alicyclic amines) is 1. The van der Waals surface area contributed by atoms with Crippen LogP contribution in [0.15, 0.2) is 42.9 Å². The standard InChI is InChI=1S/C18H20N4O3/c1-3-25-18-13(7-5-9-20-18)17(24)21-14-10-15(23)22(2)16(14)12-6-4-8-19-11-12/h4-9,11,14,16H,3,10H2,1-2H3,(H,21,24)/t14-,16+/m1/s1. The zero-order valence-corrected chi connectivity index (χ0v) is 14.2. The lowest BCUT2D eigenvalue weighted by Gasteiger charge is -2.25. The van der Waals surface area contributed by atoms with Crippen molar-refractivity contribution in [3.05, 3.63) is 54.0 Å². The predicted octanol–water partition coefficient (Wildman–Crippen LogP) is 1.58. The normalized spacial score (nSPS) is 19.8. The Bertz CT molecular complexity index is 766. The van der Waals surface area contributed by atoms with Crippen molar-refractivity contribution >= 4 is 11.8 Å². The summed E-state index contributed by atoms with van der Waals surface area (Å²) in [6.07, 6.45) is 5.21. The van der Waals surface area contributed by atoms with Gasteiger partial charge in [0.05, 0.1) is 18.7 Å². The van der Waals surface area contributed by atoms with E-state index in [1.54, 1.807) is 42.7 Å². The summed E-state index contributed by atoms with van der Waals surface area (Å²) in [6, 6.07) is 6.47. The first-order valence-corrected chi connectivity index (χ1v) is 8.16. The van der Waals surface area contributed by atoms with E-state index < -0.39 is 0 Å². The van der Waals surface area contributed by atoms with Crippen molar-refractivity contribution in [3.63, 3.8) is 0 Å². The van der Waals surface area contributed by atoms with Crippen LogP contribution in [-0.2, 0) is 4.79 Å². The Hall–Kier alpha value is -2.96. The third-order valence-electron chi connectivity index (χ3n) is 4.23. The number of amides is 2. The number of carbonyl (C=O) groups excluding carboxylic acids is 2. The maximum absolute atomic E-state index is 12.7. The number of hydrogen-bond acceptors (Lipinski definition) is 5. The van der Waals surface area contributed by atoms with Crippen LogP contribution in [0.4, 0.5) is 0 Å². The molecule has 1 saturated heterocycles. The Morgan fingerprint density at radius 1 is 1.36 bits per heavy atom. The molecule has 0 unspecified atom stereocenters. The zero-order valence-electron chi connectivity index (χ0n) is 14.2. The summed E-state index contributed by atoms with van der Waals surface area (Å²) in [7, 11) is 1.74. The minimum atomic E-state index is -0.344. The second-order valence-corrected chi connectivity index (χ2v) is 5.81. The average molecular weight is 340 g/mol. The van der Waals surface area contributed by atoms with Gasteiger partial charge in [-0.1, -0.05) is 6.07 Å². The first-order valence-electron chi connectivity index (χ1n) is 8.16. The van der Waals surface area contributed by atoms with Crippen LogP contribution >= 0.6 is 0 Å². The molecule has 1 aliphatic heterocycles. The Morgan fingerprint density at radius 2 is 2.16 bits per heavy atom. The van der Waals surface area contributed by atoms with Gasteiger partial charge in [-0.15, -0.1) is 0 Å². The highest BCUT2D eigenvalue weighted by Crippen LogP contribution is 2.31. The Kier molecular flexibility index (Phi) is 4.92. The first kappa shape index (κ1) is 16.9. The second kappa shape index (κ2) is 7.29. The van der Waals surface area contributed by atoms with Crippen molar-refractivity contribution in [1.29, 1.82) is 0 Å². The molecule has 2 aromatic heterocycles. The third kappa shape index (κ3) is 3.45. The lowest BCUT2D eigenvalue weighted by Crippen LogP contribution is -2.39. The number of nitrogens with one attached hydrogen (secondary N) is 1. The molecule has 2 atom stereocenters. The summed E-state index contributed by atoms with van der Waals surface area (Å²) >= 11 is 0. The number of hydrogen-bond donors (Lipinski definition) is 1. The van der Waals surface area contributed by atoms with Crippen molar-refractivity contribution in [2.24, 2.45) is 0 Å². The zero-order chi connectivity index (χ0) is 17.8. The molecule has 7 nitrogen and oxygen atoms in total. The fourth-order valence-electron chi connectivity index (χ4n) is 3.07. The molecule has 130 valence electrons. The summed E-state index contributed by atoms with van der Waals surface area (Å²) < 4.78 is 5.42. The van der Waals surface area contributed by atoms with Gasteiger partial charge in [0, 0.05) is 32.1 Å². The maximum atomic E-state index is 12.7. The highest BCUT2D eigenvalue weighted by molar-refractivity contribution is 5.97. The summed E-state index contributed by atoms with van der Waals surface area (Å²) in [6.45, 7) is 2.25. The van der Waals surface area contributed by atoms with Gasteiger partial charge < -0.3 is 15.0 Å². The van der Waals surface area contributed by atoms with E-state index in [2.05, 4.69) is 15.3 Å². The SMILES string of the molecule is CCOc1ncccc1C(=O)N[C@@H]1CC(=O)N(C)[C@H]1c1cccnc1. The van der Waals surface area contributed by atoms with Crippen LogP contribution in [0.5, 0.6) is 5.88 Å². The Morgan fingerprint density at radius 3 is 2.88 bits per heavy atom. The number of carbonyl (C=O) groups is 2. The molecule has 2 amide bonds. The number of aromatic nitrogens is 2. The lowest BCUT2D eigenvalue weighted by molar-refractivity contribution is -0.127. The molecule has 0 radical (unpaired) electrons. The number of rotatable bonds is 5. The van der Waals surface area contributed by atoms with Crippen LogP contribution in [0.3, 0.4) is 0 Å². The molecule has 1 fully saturated rings. The van der Waals surface area contributed by atoms with E-state index in [9.17, 15) is 9.59 Å². The van der Waals surface area contributed by atoms with Gasteiger partial charge in [-0.2, -0.15) is 0 Å².